The van der Waals surface area contributed by atoms with Gasteiger partial charge in [-0.3, -0.25) is 4.99 Å². The van der Waals surface area contributed by atoms with E-state index >= 15 is 0 Å². The fraction of sp³-hybridized carbons (Fsp3) is 0.125. The number of allylic oxidation sites excluding steroid dienone is 12. The van der Waals surface area contributed by atoms with Crippen LogP contribution in [-0.4, -0.2) is 33.3 Å². The van der Waals surface area contributed by atoms with Gasteiger partial charge in [0.25, 0.3) is 0 Å². The third-order valence-electron chi connectivity index (χ3n) is 14.6. The Morgan fingerprint density at radius 2 is 1.41 bits per heavy atom. The molecular formula is C64H48N6O. The molecule has 340 valence electrons. The van der Waals surface area contributed by atoms with Crippen molar-refractivity contribution in [3.63, 3.8) is 0 Å². The van der Waals surface area contributed by atoms with E-state index in [1.807, 2.05) is 54.6 Å². The Kier molecular flexibility index (Phi) is 10.6. The molecule has 0 saturated heterocycles. The number of aliphatic imine (C=N–C) groups is 3. The minimum Gasteiger partial charge on any atom is -0.455 e. The topological polar surface area (TPSA) is 88.9 Å². The summed E-state index contributed by atoms with van der Waals surface area (Å²) in [5.74, 6) is 3.95. The number of benzene rings is 6. The van der Waals surface area contributed by atoms with Crippen LogP contribution < -0.4 is 0 Å². The number of aryl methyl sites for hydroxylation is 1. The van der Waals surface area contributed by atoms with Gasteiger partial charge in [-0.2, -0.15) is 0 Å². The summed E-state index contributed by atoms with van der Waals surface area (Å²) >= 11 is 0. The predicted molar refractivity (Wildman–Crippen MR) is 288 cm³/mol. The maximum absolute atomic E-state index is 7.41. The van der Waals surface area contributed by atoms with E-state index in [0.29, 0.717) is 35.7 Å². The van der Waals surface area contributed by atoms with Gasteiger partial charge >= 0.3 is 0 Å². The summed E-state index contributed by atoms with van der Waals surface area (Å²) in [6.45, 7) is 4.42. The molecule has 6 aromatic carbocycles. The number of furan rings is 1. The van der Waals surface area contributed by atoms with Crippen LogP contribution in [0, 0.1) is 0 Å². The maximum Gasteiger partial charge on any atom is 0.167 e. The Hall–Kier alpha value is -8.68. The molecule has 0 aliphatic heterocycles. The number of hydrogen-bond acceptors (Lipinski definition) is 5. The van der Waals surface area contributed by atoms with Crippen molar-refractivity contribution in [1.82, 2.24) is 15.0 Å². The molecule has 0 fully saturated rings. The summed E-state index contributed by atoms with van der Waals surface area (Å²) in [7, 11) is 0. The highest BCUT2D eigenvalue weighted by molar-refractivity contribution is 6.13. The molecule has 0 N–H and O–H groups in total. The van der Waals surface area contributed by atoms with Crippen LogP contribution in [0.15, 0.2) is 230 Å². The molecule has 13 rings (SSSR count). The number of amidine groups is 2. The van der Waals surface area contributed by atoms with Crippen LogP contribution in [0.25, 0.3) is 56.0 Å². The van der Waals surface area contributed by atoms with Crippen LogP contribution in [-0.2, 0) is 18.4 Å². The lowest BCUT2D eigenvalue weighted by molar-refractivity contribution is 0.586. The molecule has 0 radical (unpaired) electrons. The molecule has 1 atom stereocenters. The lowest BCUT2D eigenvalue weighted by atomic mass is 9.67. The summed E-state index contributed by atoms with van der Waals surface area (Å²) in [6, 6.07) is 52.8. The van der Waals surface area contributed by atoms with Gasteiger partial charge in [0.05, 0.1) is 17.5 Å². The number of para-hydroxylation sites is 1. The molecule has 71 heavy (non-hydrogen) atoms. The van der Waals surface area contributed by atoms with E-state index in [9.17, 15) is 0 Å². The number of aromatic nitrogens is 3. The van der Waals surface area contributed by atoms with Crippen molar-refractivity contribution in [3.05, 3.63) is 256 Å². The Morgan fingerprint density at radius 1 is 0.648 bits per heavy atom. The van der Waals surface area contributed by atoms with Gasteiger partial charge < -0.3 is 4.42 Å². The number of fused-ring (bicyclic) bond motifs is 13. The second-order valence-electron chi connectivity index (χ2n) is 18.6. The molecule has 0 bridgehead atoms. The van der Waals surface area contributed by atoms with Gasteiger partial charge in [-0.1, -0.05) is 182 Å². The highest BCUT2D eigenvalue weighted by Gasteiger charge is 2.56. The van der Waals surface area contributed by atoms with Crippen molar-refractivity contribution in [2.45, 2.75) is 50.5 Å². The van der Waals surface area contributed by atoms with Crippen LogP contribution >= 0.6 is 0 Å². The minimum absolute atomic E-state index is 0.464. The highest BCUT2D eigenvalue weighted by atomic mass is 16.3. The second kappa shape index (κ2) is 17.7. The molecule has 8 aromatic rings. The summed E-state index contributed by atoms with van der Waals surface area (Å²) in [6.07, 6.45) is 21.4. The monoisotopic (exact) mass is 916 g/mol. The highest BCUT2D eigenvalue weighted by Crippen LogP contribution is 2.67. The van der Waals surface area contributed by atoms with E-state index in [1.165, 1.54) is 50.1 Å². The van der Waals surface area contributed by atoms with E-state index < -0.39 is 5.41 Å². The molecule has 1 unspecified atom stereocenters. The lowest BCUT2D eigenvalue weighted by Crippen LogP contribution is -2.28. The van der Waals surface area contributed by atoms with Gasteiger partial charge in [0.2, 0.25) is 0 Å². The van der Waals surface area contributed by atoms with Crippen molar-refractivity contribution in [1.29, 1.82) is 0 Å². The van der Waals surface area contributed by atoms with Gasteiger partial charge in [-0.05, 0) is 102 Å². The quantitative estimate of drug-likeness (QED) is 0.118. The van der Waals surface area contributed by atoms with E-state index in [2.05, 4.69) is 151 Å². The standard InChI is InChI=1S/C64H48N6O/c1-65-59(42-23-12-5-13-24-42)67-60(66-40-41-21-8-4-9-22-41)45-35-36-47-46-29-18-19-34-52(46)64(55(47)39-45)53-33-17-7-16-30-50(53)56-54(64)38-37-49-48-31-20-32-51(57(48)71-58(49)56)63-69-61(43-25-10-2-3-11-26-43)68-62(70-63)44-27-14-6-15-28-44/h4-10,12-16,18-36,39H,1-3,11,17,37-38,40H2. The fourth-order valence-electron chi connectivity index (χ4n) is 11.5. The molecule has 0 saturated carbocycles. The summed E-state index contributed by atoms with van der Waals surface area (Å²) in [5.41, 5.74) is 17.1. The van der Waals surface area contributed by atoms with Crippen molar-refractivity contribution < 1.29 is 4.42 Å². The molecular weight excluding hydrogens is 869 g/mol. The summed E-state index contributed by atoms with van der Waals surface area (Å²) < 4.78 is 7.41. The molecule has 2 heterocycles. The third kappa shape index (κ3) is 7.10. The van der Waals surface area contributed by atoms with Gasteiger partial charge in [-0.15, -0.1) is 0 Å². The van der Waals surface area contributed by atoms with Gasteiger partial charge in [0, 0.05) is 38.8 Å². The van der Waals surface area contributed by atoms with E-state index in [4.69, 9.17) is 29.4 Å². The predicted octanol–water partition coefficient (Wildman–Crippen LogP) is 14.7. The molecule has 5 aliphatic carbocycles. The zero-order valence-corrected chi connectivity index (χ0v) is 39.2. The molecule has 0 amide bonds. The Labute approximate surface area is 413 Å². The number of hydrogen-bond donors (Lipinski definition) is 0. The zero-order chi connectivity index (χ0) is 47.3. The van der Waals surface area contributed by atoms with Crippen LogP contribution in [0.1, 0.15) is 77.1 Å². The summed E-state index contributed by atoms with van der Waals surface area (Å²) in [4.78, 5) is 30.4. The maximum atomic E-state index is 7.41. The number of nitrogens with zero attached hydrogens (tertiary/aromatic N) is 6. The molecule has 7 heteroatoms. The molecule has 2 aromatic heterocycles. The van der Waals surface area contributed by atoms with Crippen LogP contribution in [0.2, 0.25) is 0 Å². The average Bonchev–Trinajstić information content (AvgIpc) is 3.83. The van der Waals surface area contributed by atoms with Crippen molar-refractivity contribution >= 4 is 40.5 Å². The molecule has 1 spiro atoms. The van der Waals surface area contributed by atoms with Crippen LogP contribution in [0.5, 0.6) is 0 Å². The SMILES string of the molecule is C=NC(=NC(=NCc1ccccc1)c1ccc2c(c1)C1(C3=CCC=CC=C3C3=C1CCc1c3oc3c(-c4nc(C5=CCCCC=C5)nc(-c5ccccc5)n4)cccc13)c1ccccc1-2)c1ccccc1. The van der Waals surface area contributed by atoms with Gasteiger partial charge in [0.1, 0.15) is 11.3 Å². The van der Waals surface area contributed by atoms with Crippen molar-refractivity contribution in [2.75, 3.05) is 0 Å². The van der Waals surface area contributed by atoms with Crippen LogP contribution in [0.4, 0.5) is 0 Å². The van der Waals surface area contributed by atoms with Crippen molar-refractivity contribution in [3.8, 4) is 33.9 Å². The first-order valence-corrected chi connectivity index (χ1v) is 24.7. The fourth-order valence-corrected chi connectivity index (χ4v) is 11.5. The lowest BCUT2D eigenvalue weighted by Gasteiger charge is -2.34. The van der Waals surface area contributed by atoms with Gasteiger partial charge in [0.15, 0.2) is 29.1 Å². The number of rotatable bonds is 7. The van der Waals surface area contributed by atoms with Crippen molar-refractivity contribution in [2.24, 2.45) is 15.0 Å². The van der Waals surface area contributed by atoms with Crippen LogP contribution in [0.3, 0.4) is 0 Å². The first-order chi connectivity index (χ1) is 35.2. The summed E-state index contributed by atoms with van der Waals surface area (Å²) in [5, 5.41) is 1.09. The Bertz CT molecular complexity index is 3730. The van der Waals surface area contributed by atoms with E-state index in [0.717, 1.165) is 88.6 Å². The third-order valence-corrected chi connectivity index (χ3v) is 14.6. The zero-order valence-electron chi connectivity index (χ0n) is 39.2. The van der Waals surface area contributed by atoms with E-state index in [-0.39, 0.29) is 0 Å². The first-order valence-electron chi connectivity index (χ1n) is 24.7. The smallest absolute Gasteiger partial charge is 0.167 e. The Balaban J connectivity index is 1.01. The minimum atomic E-state index is -0.588. The average molecular weight is 917 g/mol. The normalized spacial score (nSPS) is 17.9. The molecule has 5 aliphatic rings. The van der Waals surface area contributed by atoms with Gasteiger partial charge in [-0.25, -0.2) is 24.9 Å². The van der Waals surface area contributed by atoms with E-state index in [1.54, 1.807) is 0 Å². The second-order valence-corrected chi connectivity index (χ2v) is 18.6. The molecule has 7 nitrogen and oxygen atoms in total. The largest absolute Gasteiger partial charge is 0.455 e. The Morgan fingerprint density at radius 3 is 2.27 bits per heavy atom. The first kappa shape index (κ1) is 42.4.